The summed E-state index contributed by atoms with van der Waals surface area (Å²) in [5.74, 6) is 0.0419. The fourth-order valence-corrected chi connectivity index (χ4v) is 5.41. The Morgan fingerprint density at radius 1 is 0.806 bits per heavy atom. The van der Waals surface area contributed by atoms with Gasteiger partial charge in [-0.3, -0.25) is 4.79 Å². The van der Waals surface area contributed by atoms with E-state index in [0.29, 0.717) is 11.3 Å². The van der Waals surface area contributed by atoms with Crippen LogP contribution in [0.4, 0.5) is 21.9 Å². The summed E-state index contributed by atoms with van der Waals surface area (Å²) in [5.41, 5.74) is 5.58. The highest BCUT2D eigenvalue weighted by molar-refractivity contribution is 7.98. The van der Waals surface area contributed by atoms with E-state index in [2.05, 4.69) is 39.8 Å². The molecule has 0 unspecified atom stereocenters. The SMILES string of the molecule is CSc1ccc(NC(=O)Nc2ccc(N3CCc4ccccc4C3)c(C(=O)N3CCCCC3)c2)cc1. The van der Waals surface area contributed by atoms with Gasteiger partial charge in [0.15, 0.2) is 0 Å². The van der Waals surface area contributed by atoms with Crippen LogP contribution < -0.4 is 15.5 Å². The van der Waals surface area contributed by atoms with E-state index < -0.39 is 0 Å². The van der Waals surface area contributed by atoms with Crippen molar-refractivity contribution in [2.45, 2.75) is 37.1 Å². The Hall–Kier alpha value is -3.45. The molecule has 2 aliphatic heterocycles. The summed E-state index contributed by atoms with van der Waals surface area (Å²) in [6.07, 6.45) is 6.20. The maximum Gasteiger partial charge on any atom is 0.323 e. The molecule has 1 saturated heterocycles. The second-order valence-electron chi connectivity index (χ2n) is 9.33. The molecule has 0 aromatic heterocycles. The molecule has 0 aliphatic carbocycles. The van der Waals surface area contributed by atoms with E-state index in [1.54, 1.807) is 11.8 Å². The molecular weight excluding hydrogens is 468 g/mol. The van der Waals surface area contributed by atoms with Crippen LogP contribution in [0.1, 0.15) is 40.7 Å². The third-order valence-electron chi connectivity index (χ3n) is 6.95. The van der Waals surface area contributed by atoms with Gasteiger partial charge in [-0.05, 0) is 85.5 Å². The average Bonchev–Trinajstić information content (AvgIpc) is 2.93. The maximum atomic E-state index is 13.7. The summed E-state index contributed by atoms with van der Waals surface area (Å²) < 4.78 is 0. The minimum Gasteiger partial charge on any atom is -0.366 e. The minimum atomic E-state index is -0.331. The molecule has 3 amide bonds. The molecule has 2 N–H and O–H groups in total. The Morgan fingerprint density at radius 3 is 2.25 bits per heavy atom. The molecule has 36 heavy (non-hydrogen) atoms. The number of hydrogen-bond acceptors (Lipinski definition) is 4. The van der Waals surface area contributed by atoms with E-state index in [1.165, 1.54) is 17.5 Å². The Morgan fingerprint density at radius 2 is 1.50 bits per heavy atom. The normalized spacial score (nSPS) is 15.2. The Balaban J connectivity index is 1.38. The van der Waals surface area contributed by atoms with Crippen LogP contribution >= 0.6 is 11.8 Å². The number of hydrogen-bond donors (Lipinski definition) is 2. The van der Waals surface area contributed by atoms with Gasteiger partial charge in [-0.2, -0.15) is 0 Å². The van der Waals surface area contributed by atoms with E-state index in [-0.39, 0.29) is 11.9 Å². The van der Waals surface area contributed by atoms with Gasteiger partial charge < -0.3 is 20.4 Å². The van der Waals surface area contributed by atoms with Crippen molar-refractivity contribution in [3.8, 4) is 0 Å². The fourth-order valence-electron chi connectivity index (χ4n) is 5.00. The first kappa shape index (κ1) is 24.3. The number of likely N-dealkylation sites (tertiary alicyclic amines) is 1. The lowest BCUT2D eigenvalue weighted by atomic mass is 9.98. The van der Waals surface area contributed by atoms with Crippen molar-refractivity contribution in [2.75, 3.05) is 41.4 Å². The van der Waals surface area contributed by atoms with Gasteiger partial charge in [0.25, 0.3) is 5.91 Å². The predicted octanol–water partition coefficient (Wildman–Crippen LogP) is 6.24. The highest BCUT2D eigenvalue weighted by Crippen LogP contribution is 2.31. The molecule has 0 spiro atoms. The number of nitrogens with one attached hydrogen (secondary N) is 2. The van der Waals surface area contributed by atoms with Crippen LogP contribution in [0.25, 0.3) is 0 Å². The fraction of sp³-hybridized carbons (Fsp3) is 0.310. The molecule has 186 valence electrons. The van der Waals surface area contributed by atoms with Crippen LogP contribution in [0.15, 0.2) is 71.6 Å². The third kappa shape index (κ3) is 5.51. The summed E-state index contributed by atoms with van der Waals surface area (Å²) in [6.45, 7) is 3.20. The van der Waals surface area contributed by atoms with Crippen molar-refractivity contribution in [2.24, 2.45) is 0 Å². The molecule has 5 rings (SSSR count). The van der Waals surface area contributed by atoms with Crippen LogP contribution in [-0.4, -0.2) is 42.7 Å². The van der Waals surface area contributed by atoms with Crippen LogP contribution in [0, 0.1) is 0 Å². The van der Waals surface area contributed by atoms with Crippen LogP contribution in [-0.2, 0) is 13.0 Å². The zero-order chi connectivity index (χ0) is 24.9. The summed E-state index contributed by atoms with van der Waals surface area (Å²) in [7, 11) is 0. The van der Waals surface area contributed by atoms with E-state index >= 15 is 0 Å². The molecule has 2 heterocycles. The van der Waals surface area contributed by atoms with E-state index in [1.807, 2.05) is 53.6 Å². The summed E-state index contributed by atoms with van der Waals surface area (Å²) in [6, 6.07) is 21.6. The van der Waals surface area contributed by atoms with Gasteiger partial charge in [-0.1, -0.05) is 24.3 Å². The average molecular weight is 501 g/mol. The molecule has 0 atom stereocenters. The first-order valence-corrected chi connectivity index (χ1v) is 13.8. The summed E-state index contributed by atoms with van der Waals surface area (Å²) >= 11 is 1.66. The third-order valence-corrected chi connectivity index (χ3v) is 7.69. The molecule has 1 fully saturated rings. The van der Waals surface area contributed by atoms with Gasteiger partial charge in [0, 0.05) is 48.1 Å². The standard InChI is InChI=1S/C29H32N4O2S/c1-36-25-12-9-23(10-13-25)30-29(35)31-24-11-14-27(26(19-24)28(34)32-16-5-2-6-17-32)33-18-15-21-7-3-4-8-22(21)20-33/h3-4,7-14,19H,2,5-6,15-18,20H2,1H3,(H2,30,31,35). The second-order valence-corrected chi connectivity index (χ2v) is 10.2. The minimum absolute atomic E-state index is 0.0419. The number of anilines is 3. The molecule has 7 heteroatoms. The lowest BCUT2D eigenvalue weighted by Gasteiger charge is -2.34. The van der Waals surface area contributed by atoms with Gasteiger partial charge >= 0.3 is 6.03 Å². The van der Waals surface area contributed by atoms with Crippen LogP contribution in [0.2, 0.25) is 0 Å². The van der Waals surface area contributed by atoms with Gasteiger partial charge in [0.2, 0.25) is 0 Å². The molecule has 0 radical (unpaired) electrons. The van der Waals surface area contributed by atoms with Gasteiger partial charge in [-0.25, -0.2) is 4.79 Å². The first-order valence-electron chi connectivity index (χ1n) is 12.6. The molecule has 6 nitrogen and oxygen atoms in total. The number of rotatable bonds is 5. The molecule has 3 aromatic carbocycles. The van der Waals surface area contributed by atoms with Crippen molar-refractivity contribution in [1.82, 2.24) is 4.90 Å². The van der Waals surface area contributed by atoms with E-state index in [9.17, 15) is 9.59 Å². The Bertz CT molecular complexity index is 1240. The van der Waals surface area contributed by atoms with Crippen LogP contribution in [0.5, 0.6) is 0 Å². The molecule has 2 aliphatic rings. The largest absolute Gasteiger partial charge is 0.366 e. The van der Waals surface area contributed by atoms with Crippen molar-refractivity contribution in [3.05, 3.63) is 83.4 Å². The zero-order valence-electron chi connectivity index (χ0n) is 20.6. The number of carbonyl (C=O) groups excluding carboxylic acids is 2. The number of piperidine rings is 1. The lowest BCUT2D eigenvalue weighted by molar-refractivity contribution is 0.0725. The summed E-state index contributed by atoms with van der Waals surface area (Å²) in [5, 5.41) is 5.80. The van der Waals surface area contributed by atoms with Crippen molar-refractivity contribution in [3.63, 3.8) is 0 Å². The van der Waals surface area contributed by atoms with Gasteiger partial charge in [0.05, 0.1) is 5.56 Å². The summed E-state index contributed by atoms with van der Waals surface area (Å²) in [4.78, 5) is 31.8. The Labute approximate surface area is 217 Å². The highest BCUT2D eigenvalue weighted by atomic mass is 32.2. The van der Waals surface area contributed by atoms with E-state index in [4.69, 9.17) is 0 Å². The number of nitrogens with zero attached hydrogens (tertiary/aromatic N) is 2. The smallest absolute Gasteiger partial charge is 0.323 e. The molecule has 0 bridgehead atoms. The highest BCUT2D eigenvalue weighted by Gasteiger charge is 2.25. The lowest BCUT2D eigenvalue weighted by Crippen LogP contribution is -2.38. The second kappa shape index (κ2) is 11.1. The molecule has 0 saturated carbocycles. The number of amides is 3. The number of urea groups is 1. The zero-order valence-corrected chi connectivity index (χ0v) is 21.4. The topological polar surface area (TPSA) is 64.7 Å². The van der Waals surface area contributed by atoms with Crippen LogP contribution in [0.3, 0.4) is 0 Å². The van der Waals surface area contributed by atoms with Gasteiger partial charge in [-0.15, -0.1) is 11.8 Å². The molecular formula is C29H32N4O2S. The van der Waals surface area contributed by atoms with Crippen molar-refractivity contribution < 1.29 is 9.59 Å². The van der Waals surface area contributed by atoms with E-state index in [0.717, 1.165) is 61.7 Å². The van der Waals surface area contributed by atoms with Crippen molar-refractivity contribution in [1.29, 1.82) is 0 Å². The maximum absolute atomic E-state index is 13.7. The number of carbonyl (C=O) groups is 2. The first-order chi connectivity index (χ1) is 17.6. The quantitative estimate of drug-likeness (QED) is 0.407. The van der Waals surface area contributed by atoms with Gasteiger partial charge in [0.1, 0.15) is 0 Å². The molecule has 3 aromatic rings. The predicted molar refractivity (Wildman–Crippen MR) is 148 cm³/mol. The number of benzene rings is 3. The van der Waals surface area contributed by atoms with Crippen molar-refractivity contribution >= 4 is 40.8 Å². The monoisotopic (exact) mass is 500 g/mol. The number of thioether (sulfide) groups is 1. The Kier molecular flexibility index (Phi) is 7.47. The number of fused-ring (bicyclic) bond motifs is 1.